The van der Waals surface area contributed by atoms with Crippen molar-refractivity contribution in [2.45, 2.75) is 57.0 Å². The highest BCUT2D eigenvalue weighted by Crippen LogP contribution is 2.47. The Balaban J connectivity index is 1.61. The van der Waals surface area contributed by atoms with Crippen molar-refractivity contribution in [2.24, 2.45) is 5.41 Å². The van der Waals surface area contributed by atoms with Crippen molar-refractivity contribution in [1.29, 1.82) is 5.26 Å². The summed E-state index contributed by atoms with van der Waals surface area (Å²) in [7, 11) is 0. The summed E-state index contributed by atoms with van der Waals surface area (Å²) in [5.74, 6) is -0.114. The molecule has 2 aliphatic carbocycles. The van der Waals surface area contributed by atoms with Gasteiger partial charge in [-0.1, -0.05) is 31.9 Å². The van der Waals surface area contributed by atoms with E-state index in [1.807, 2.05) is 19.1 Å². The quantitative estimate of drug-likeness (QED) is 0.898. The third-order valence-corrected chi connectivity index (χ3v) is 5.60. The van der Waals surface area contributed by atoms with Gasteiger partial charge in [0.25, 0.3) is 5.91 Å². The fraction of sp³-hybridized carbons (Fsp3) is 0.579. The van der Waals surface area contributed by atoms with Crippen LogP contribution in [0.3, 0.4) is 0 Å². The second kappa shape index (κ2) is 5.98. The first-order valence-electron chi connectivity index (χ1n) is 8.47. The maximum absolute atomic E-state index is 12.3. The third-order valence-electron chi connectivity index (χ3n) is 5.60. The van der Waals surface area contributed by atoms with Gasteiger partial charge in [0.15, 0.2) is 0 Å². The zero-order valence-electron chi connectivity index (χ0n) is 13.6. The highest BCUT2D eigenvalue weighted by Gasteiger charge is 2.44. The third kappa shape index (κ3) is 3.11. The van der Waals surface area contributed by atoms with Crippen LogP contribution in [0.2, 0.25) is 0 Å². The molecule has 2 saturated carbocycles. The zero-order valence-corrected chi connectivity index (χ0v) is 13.6. The number of nitrogens with zero attached hydrogens (tertiary/aromatic N) is 1. The van der Waals surface area contributed by atoms with Gasteiger partial charge in [0, 0.05) is 17.5 Å². The molecule has 0 bridgehead atoms. The van der Waals surface area contributed by atoms with Crippen molar-refractivity contribution in [2.75, 3.05) is 6.54 Å². The fourth-order valence-electron chi connectivity index (χ4n) is 3.50. The maximum atomic E-state index is 12.3. The van der Waals surface area contributed by atoms with Crippen LogP contribution in [0.5, 0.6) is 0 Å². The Hall–Kier alpha value is -1.86. The minimum atomic E-state index is -0.343. The van der Waals surface area contributed by atoms with Gasteiger partial charge in [-0.05, 0) is 43.4 Å². The van der Waals surface area contributed by atoms with Crippen LogP contribution < -0.4 is 5.32 Å². The highest BCUT2D eigenvalue weighted by molar-refractivity contribution is 5.94. The molecule has 4 nitrogen and oxygen atoms in total. The van der Waals surface area contributed by atoms with E-state index in [0.29, 0.717) is 12.1 Å². The number of nitrogens with one attached hydrogen (secondary N) is 1. The summed E-state index contributed by atoms with van der Waals surface area (Å²) in [4.78, 5) is 12.3. The number of carbonyl (C=O) groups excluding carboxylic acids is 1. The molecule has 2 unspecified atom stereocenters. The largest absolute Gasteiger partial charge is 0.392 e. The predicted molar refractivity (Wildman–Crippen MR) is 87.9 cm³/mol. The Labute approximate surface area is 137 Å². The van der Waals surface area contributed by atoms with Gasteiger partial charge in [0.1, 0.15) is 0 Å². The molecule has 0 radical (unpaired) electrons. The number of amides is 1. The van der Waals surface area contributed by atoms with Gasteiger partial charge in [-0.25, -0.2) is 0 Å². The van der Waals surface area contributed by atoms with Crippen LogP contribution in [0.4, 0.5) is 0 Å². The predicted octanol–water partition coefficient (Wildman–Crippen LogP) is 2.91. The molecule has 2 N–H and O–H groups in total. The molecule has 1 aromatic carbocycles. The van der Waals surface area contributed by atoms with Crippen molar-refractivity contribution in [1.82, 2.24) is 5.32 Å². The van der Waals surface area contributed by atoms with E-state index in [1.54, 1.807) is 12.1 Å². The summed E-state index contributed by atoms with van der Waals surface area (Å²) >= 11 is 0. The number of aliphatic hydroxyl groups is 1. The number of benzene rings is 1. The van der Waals surface area contributed by atoms with Gasteiger partial charge >= 0.3 is 0 Å². The van der Waals surface area contributed by atoms with Gasteiger partial charge in [-0.3, -0.25) is 4.79 Å². The summed E-state index contributed by atoms with van der Waals surface area (Å²) in [6.07, 6.45) is 5.40. The SMILES string of the molecule is CC1(CNC(=O)c2ccc(C3(C#N)CC3)cc2)CCCCC1O. The van der Waals surface area contributed by atoms with Crippen molar-refractivity contribution >= 4 is 5.91 Å². The van der Waals surface area contributed by atoms with Crippen LogP contribution in [0, 0.1) is 16.7 Å². The smallest absolute Gasteiger partial charge is 0.251 e. The topological polar surface area (TPSA) is 73.1 Å². The lowest BCUT2D eigenvalue weighted by molar-refractivity contribution is 0.00190. The summed E-state index contributed by atoms with van der Waals surface area (Å²) in [5, 5.41) is 22.4. The van der Waals surface area contributed by atoms with Crippen LogP contribution in [0.15, 0.2) is 24.3 Å². The first kappa shape index (κ1) is 16.0. The number of aliphatic hydroxyl groups excluding tert-OH is 1. The van der Waals surface area contributed by atoms with E-state index < -0.39 is 0 Å². The molecule has 1 aromatic rings. The van der Waals surface area contributed by atoms with Gasteiger partial charge in [0.05, 0.1) is 17.6 Å². The van der Waals surface area contributed by atoms with Crippen molar-refractivity contribution in [3.63, 3.8) is 0 Å². The Morgan fingerprint density at radius 2 is 2.00 bits per heavy atom. The summed E-state index contributed by atoms with van der Waals surface area (Å²) in [6, 6.07) is 9.74. The fourth-order valence-corrected chi connectivity index (χ4v) is 3.50. The van der Waals surface area contributed by atoms with E-state index in [2.05, 4.69) is 11.4 Å². The number of rotatable bonds is 4. The number of carbonyl (C=O) groups is 1. The summed E-state index contributed by atoms with van der Waals surface area (Å²) < 4.78 is 0. The summed E-state index contributed by atoms with van der Waals surface area (Å²) in [5.41, 5.74) is 1.07. The first-order valence-corrected chi connectivity index (χ1v) is 8.47. The number of hydrogen-bond donors (Lipinski definition) is 2. The van der Waals surface area contributed by atoms with Crippen LogP contribution in [-0.4, -0.2) is 23.7 Å². The minimum absolute atomic E-state index is 0.114. The molecule has 0 spiro atoms. The monoisotopic (exact) mass is 312 g/mol. The average molecular weight is 312 g/mol. The second-order valence-corrected chi connectivity index (χ2v) is 7.37. The molecule has 4 heteroatoms. The molecule has 0 aliphatic heterocycles. The molecule has 1 amide bonds. The van der Waals surface area contributed by atoms with Crippen LogP contribution >= 0.6 is 0 Å². The molecular formula is C19H24N2O2. The first-order chi connectivity index (χ1) is 11.0. The Kier molecular flexibility index (Phi) is 4.16. The van der Waals surface area contributed by atoms with Crippen molar-refractivity contribution in [3.8, 4) is 6.07 Å². The molecule has 0 saturated heterocycles. The van der Waals surface area contributed by atoms with Crippen LogP contribution in [0.1, 0.15) is 61.4 Å². The van der Waals surface area contributed by atoms with E-state index >= 15 is 0 Å². The number of hydrogen-bond acceptors (Lipinski definition) is 3. The lowest BCUT2D eigenvalue weighted by Gasteiger charge is -2.38. The Morgan fingerprint density at radius 3 is 2.57 bits per heavy atom. The normalized spacial score (nSPS) is 28.7. The zero-order chi connectivity index (χ0) is 16.5. The molecular weight excluding hydrogens is 288 g/mol. The summed E-state index contributed by atoms with van der Waals surface area (Å²) in [6.45, 7) is 2.54. The van der Waals surface area contributed by atoms with Crippen LogP contribution in [0.25, 0.3) is 0 Å². The van der Waals surface area contributed by atoms with E-state index in [4.69, 9.17) is 0 Å². The van der Waals surface area contributed by atoms with Gasteiger partial charge < -0.3 is 10.4 Å². The average Bonchev–Trinajstić information content (AvgIpc) is 3.37. The van der Waals surface area contributed by atoms with E-state index in [9.17, 15) is 15.2 Å². The van der Waals surface area contributed by atoms with Gasteiger partial charge in [0.2, 0.25) is 0 Å². The van der Waals surface area contributed by atoms with Gasteiger partial charge in [-0.15, -0.1) is 0 Å². The maximum Gasteiger partial charge on any atom is 0.251 e. The van der Waals surface area contributed by atoms with E-state index in [0.717, 1.165) is 44.1 Å². The lowest BCUT2D eigenvalue weighted by Crippen LogP contribution is -2.45. The second-order valence-electron chi connectivity index (χ2n) is 7.37. The molecule has 2 atom stereocenters. The minimum Gasteiger partial charge on any atom is -0.392 e. The van der Waals surface area contributed by atoms with E-state index in [1.165, 1.54) is 0 Å². The molecule has 0 heterocycles. The van der Waals surface area contributed by atoms with Crippen molar-refractivity contribution in [3.05, 3.63) is 35.4 Å². The molecule has 0 aromatic heterocycles. The molecule has 122 valence electrons. The number of nitriles is 1. The molecule has 3 rings (SSSR count). The molecule has 2 fully saturated rings. The Morgan fingerprint density at radius 1 is 1.30 bits per heavy atom. The molecule has 23 heavy (non-hydrogen) atoms. The lowest BCUT2D eigenvalue weighted by atomic mass is 9.73. The molecule has 2 aliphatic rings. The Bertz CT molecular complexity index is 628. The van der Waals surface area contributed by atoms with E-state index in [-0.39, 0.29) is 22.8 Å². The van der Waals surface area contributed by atoms with Crippen LogP contribution in [-0.2, 0) is 5.41 Å². The van der Waals surface area contributed by atoms with Gasteiger partial charge in [-0.2, -0.15) is 5.26 Å². The standard InChI is InChI=1S/C19H24N2O2/c1-18(9-3-2-4-16(18)22)13-21-17(23)14-5-7-15(8-6-14)19(12-20)10-11-19/h5-8,16,22H,2-4,9-11,13H2,1H3,(H,21,23). The highest BCUT2D eigenvalue weighted by atomic mass is 16.3. The van der Waals surface area contributed by atoms with Crippen molar-refractivity contribution < 1.29 is 9.90 Å².